The van der Waals surface area contributed by atoms with Gasteiger partial charge in [-0.15, -0.1) is 0 Å². The lowest BCUT2D eigenvalue weighted by Gasteiger charge is -2.39. The smallest absolute Gasteiger partial charge is 0.230 e. The SMILES string of the molecule is CCc1cnc(N2CC[C@]3(CCCN(Cc4ccccc4F)C3=O)C2)nc1. The van der Waals surface area contributed by atoms with Crippen LogP contribution in [-0.2, 0) is 17.8 Å². The van der Waals surface area contributed by atoms with Crippen LogP contribution in [0, 0.1) is 11.2 Å². The number of rotatable bonds is 4. The molecule has 5 nitrogen and oxygen atoms in total. The van der Waals surface area contributed by atoms with Crippen LogP contribution in [0.2, 0.25) is 0 Å². The van der Waals surface area contributed by atoms with Crippen molar-refractivity contribution in [1.82, 2.24) is 14.9 Å². The van der Waals surface area contributed by atoms with Gasteiger partial charge >= 0.3 is 0 Å². The minimum absolute atomic E-state index is 0.143. The number of aryl methyl sites for hydroxylation is 1. The predicted molar refractivity (Wildman–Crippen MR) is 102 cm³/mol. The van der Waals surface area contributed by atoms with Crippen LogP contribution in [0.5, 0.6) is 0 Å². The Labute approximate surface area is 159 Å². The normalized spacial score (nSPS) is 22.7. The number of hydrogen-bond acceptors (Lipinski definition) is 4. The van der Waals surface area contributed by atoms with E-state index in [0.29, 0.717) is 31.1 Å². The molecule has 1 aromatic heterocycles. The van der Waals surface area contributed by atoms with Gasteiger partial charge in [0.25, 0.3) is 0 Å². The second-order valence-corrected chi connectivity index (χ2v) is 7.62. The molecule has 2 fully saturated rings. The number of anilines is 1. The van der Waals surface area contributed by atoms with E-state index in [1.54, 1.807) is 12.1 Å². The van der Waals surface area contributed by atoms with E-state index in [2.05, 4.69) is 21.8 Å². The fraction of sp³-hybridized carbons (Fsp3) is 0.476. The third kappa shape index (κ3) is 3.40. The predicted octanol–water partition coefficient (Wildman–Crippen LogP) is 3.20. The Balaban J connectivity index is 1.49. The molecule has 4 rings (SSSR count). The molecule has 2 aliphatic rings. The van der Waals surface area contributed by atoms with Gasteiger partial charge in [0, 0.05) is 44.1 Å². The van der Waals surface area contributed by atoms with Crippen molar-refractivity contribution in [2.75, 3.05) is 24.5 Å². The molecule has 1 amide bonds. The van der Waals surface area contributed by atoms with E-state index in [0.717, 1.165) is 37.8 Å². The second kappa shape index (κ2) is 7.25. The van der Waals surface area contributed by atoms with Gasteiger partial charge in [0.1, 0.15) is 5.82 Å². The Hall–Kier alpha value is -2.50. The lowest BCUT2D eigenvalue weighted by molar-refractivity contribution is -0.145. The number of amides is 1. The van der Waals surface area contributed by atoms with Crippen molar-refractivity contribution in [1.29, 1.82) is 0 Å². The van der Waals surface area contributed by atoms with Gasteiger partial charge in [-0.25, -0.2) is 14.4 Å². The Kier molecular flexibility index (Phi) is 4.81. The van der Waals surface area contributed by atoms with Gasteiger partial charge in [-0.1, -0.05) is 25.1 Å². The number of benzene rings is 1. The van der Waals surface area contributed by atoms with Crippen molar-refractivity contribution in [2.45, 2.75) is 39.2 Å². The number of aromatic nitrogens is 2. The maximum Gasteiger partial charge on any atom is 0.230 e. The van der Waals surface area contributed by atoms with Crippen LogP contribution in [0.1, 0.15) is 37.3 Å². The molecule has 0 N–H and O–H groups in total. The summed E-state index contributed by atoms with van der Waals surface area (Å²) in [5.74, 6) is 0.593. The number of nitrogens with zero attached hydrogens (tertiary/aromatic N) is 4. The van der Waals surface area contributed by atoms with Gasteiger partial charge < -0.3 is 9.80 Å². The molecule has 1 aromatic carbocycles. The number of likely N-dealkylation sites (tertiary alicyclic amines) is 1. The molecule has 3 heterocycles. The molecule has 0 aliphatic carbocycles. The number of carbonyl (C=O) groups excluding carboxylic acids is 1. The maximum atomic E-state index is 14.0. The number of halogens is 1. The van der Waals surface area contributed by atoms with E-state index in [1.807, 2.05) is 23.4 Å². The van der Waals surface area contributed by atoms with Crippen LogP contribution in [0.4, 0.5) is 10.3 Å². The van der Waals surface area contributed by atoms with E-state index in [-0.39, 0.29) is 11.7 Å². The second-order valence-electron chi connectivity index (χ2n) is 7.62. The van der Waals surface area contributed by atoms with E-state index >= 15 is 0 Å². The van der Waals surface area contributed by atoms with Crippen LogP contribution in [-0.4, -0.2) is 40.4 Å². The molecule has 0 unspecified atom stereocenters. The minimum Gasteiger partial charge on any atom is -0.340 e. The number of hydrogen-bond donors (Lipinski definition) is 0. The Morgan fingerprint density at radius 3 is 2.67 bits per heavy atom. The van der Waals surface area contributed by atoms with Crippen molar-refractivity contribution in [2.24, 2.45) is 5.41 Å². The summed E-state index contributed by atoms with van der Waals surface area (Å²) in [5.41, 5.74) is 1.30. The van der Waals surface area contributed by atoms with Crippen molar-refractivity contribution in [3.05, 3.63) is 53.6 Å². The fourth-order valence-electron chi connectivity index (χ4n) is 4.25. The first-order chi connectivity index (χ1) is 13.1. The molecule has 6 heteroatoms. The summed E-state index contributed by atoms with van der Waals surface area (Å²) >= 11 is 0. The zero-order chi connectivity index (χ0) is 18.9. The van der Waals surface area contributed by atoms with Crippen LogP contribution >= 0.6 is 0 Å². The molecule has 1 atom stereocenters. The van der Waals surface area contributed by atoms with Gasteiger partial charge in [0.15, 0.2) is 0 Å². The highest BCUT2D eigenvalue weighted by Crippen LogP contribution is 2.41. The first kappa shape index (κ1) is 17.9. The molecule has 27 heavy (non-hydrogen) atoms. The molecule has 1 spiro atoms. The average Bonchev–Trinajstić information content (AvgIpc) is 3.12. The Bertz CT molecular complexity index is 825. The Morgan fingerprint density at radius 2 is 1.93 bits per heavy atom. The van der Waals surface area contributed by atoms with E-state index in [4.69, 9.17) is 0 Å². The molecule has 0 radical (unpaired) electrons. The molecular weight excluding hydrogens is 343 g/mol. The molecular formula is C21H25FN4O. The zero-order valence-corrected chi connectivity index (χ0v) is 15.7. The third-order valence-corrected chi connectivity index (χ3v) is 5.88. The minimum atomic E-state index is -0.393. The van der Waals surface area contributed by atoms with Gasteiger partial charge in [-0.3, -0.25) is 4.79 Å². The maximum absolute atomic E-state index is 14.0. The first-order valence-corrected chi connectivity index (χ1v) is 9.70. The standard InChI is InChI=1S/C21H25FN4O/c1-2-16-12-23-20(24-13-16)26-11-9-21(15-26)8-5-10-25(19(21)27)14-17-6-3-4-7-18(17)22/h3-4,6-7,12-13H,2,5,8-11,14-15H2,1H3/t21-/m1/s1. The van der Waals surface area contributed by atoms with Crippen LogP contribution < -0.4 is 4.90 Å². The zero-order valence-electron chi connectivity index (χ0n) is 15.7. The number of piperidine rings is 1. The highest BCUT2D eigenvalue weighted by atomic mass is 19.1. The van der Waals surface area contributed by atoms with E-state index < -0.39 is 5.41 Å². The fourth-order valence-corrected chi connectivity index (χ4v) is 4.25. The molecule has 2 aromatic rings. The van der Waals surface area contributed by atoms with Crippen molar-refractivity contribution in [3.8, 4) is 0 Å². The Morgan fingerprint density at radius 1 is 1.15 bits per heavy atom. The monoisotopic (exact) mass is 368 g/mol. The van der Waals surface area contributed by atoms with Gasteiger partial charge in [0.2, 0.25) is 11.9 Å². The van der Waals surface area contributed by atoms with Crippen LogP contribution in [0.15, 0.2) is 36.7 Å². The van der Waals surface area contributed by atoms with Crippen molar-refractivity contribution in [3.63, 3.8) is 0 Å². The molecule has 2 saturated heterocycles. The van der Waals surface area contributed by atoms with Gasteiger partial charge in [-0.05, 0) is 37.3 Å². The van der Waals surface area contributed by atoms with E-state index in [1.165, 1.54) is 6.07 Å². The summed E-state index contributed by atoms with van der Waals surface area (Å²) in [7, 11) is 0. The lowest BCUT2D eigenvalue weighted by Crippen LogP contribution is -2.49. The summed E-state index contributed by atoms with van der Waals surface area (Å²) in [4.78, 5) is 26.2. The summed E-state index contributed by atoms with van der Waals surface area (Å²) in [6.07, 6.45) is 7.26. The molecule has 2 aliphatic heterocycles. The first-order valence-electron chi connectivity index (χ1n) is 9.70. The van der Waals surface area contributed by atoms with Crippen LogP contribution in [0.3, 0.4) is 0 Å². The van der Waals surface area contributed by atoms with Gasteiger partial charge in [-0.2, -0.15) is 0 Å². The largest absolute Gasteiger partial charge is 0.340 e. The third-order valence-electron chi connectivity index (χ3n) is 5.88. The van der Waals surface area contributed by atoms with Crippen LogP contribution in [0.25, 0.3) is 0 Å². The van der Waals surface area contributed by atoms with Crippen molar-refractivity contribution >= 4 is 11.9 Å². The summed E-state index contributed by atoms with van der Waals surface area (Å²) in [5, 5.41) is 0. The summed E-state index contributed by atoms with van der Waals surface area (Å²) in [6, 6.07) is 6.70. The number of carbonyl (C=O) groups is 1. The van der Waals surface area contributed by atoms with Gasteiger partial charge in [0.05, 0.1) is 5.41 Å². The molecule has 0 saturated carbocycles. The van der Waals surface area contributed by atoms with E-state index in [9.17, 15) is 9.18 Å². The van der Waals surface area contributed by atoms with Crippen molar-refractivity contribution < 1.29 is 9.18 Å². The highest BCUT2D eigenvalue weighted by Gasteiger charge is 2.48. The molecule has 142 valence electrons. The lowest BCUT2D eigenvalue weighted by atomic mass is 9.78. The average molecular weight is 368 g/mol. The molecule has 0 bridgehead atoms. The summed E-state index contributed by atoms with van der Waals surface area (Å²) < 4.78 is 14.0. The topological polar surface area (TPSA) is 49.3 Å². The quantitative estimate of drug-likeness (QED) is 0.832. The highest BCUT2D eigenvalue weighted by molar-refractivity contribution is 5.85. The summed E-state index contributed by atoms with van der Waals surface area (Å²) in [6.45, 7) is 4.54.